The molecule has 2 N–H and O–H groups in total. The van der Waals surface area contributed by atoms with Crippen LogP contribution in [0.1, 0.15) is 17.0 Å². The summed E-state index contributed by atoms with van der Waals surface area (Å²) in [5.41, 5.74) is 0.377. The molecule has 0 aliphatic heterocycles. The number of ether oxygens (including phenoxy) is 1. The summed E-state index contributed by atoms with van der Waals surface area (Å²) in [6.07, 6.45) is -4.47. The lowest BCUT2D eigenvalue weighted by atomic mass is 10.2. The number of aromatic nitrogens is 3. The molecule has 0 bridgehead atoms. The van der Waals surface area contributed by atoms with E-state index in [-0.39, 0.29) is 18.0 Å². The first-order valence-electron chi connectivity index (χ1n) is 8.50. The predicted molar refractivity (Wildman–Crippen MR) is 103 cm³/mol. The van der Waals surface area contributed by atoms with Gasteiger partial charge in [0.15, 0.2) is 5.82 Å². The van der Waals surface area contributed by atoms with E-state index in [1.807, 2.05) is 31.2 Å². The topological polar surface area (TPSA) is 79.9 Å². The van der Waals surface area contributed by atoms with Crippen LogP contribution in [0.4, 0.5) is 18.9 Å². The van der Waals surface area contributed by atoms with Gasteiger partial charge < -0.3 is 10.1 Å². The number of H-pyrrole nitrogens is 1. The van der Waals surface area contributed by atoms with Gasteiger partial charge in [-0.1, -0.05) is 35.5 Å². The number of rotatable bonds is 7. The minimum absolute atomic E-state index is 0.0492. The van der Waals surface area contributed by atoms with Crippen LogP contribution in [-0.2, 0) is 17.6 Å². The predicted octanol–water partition coefficient (Wildman–Crippen LogP) is 4.44. The maximum absolute atomic E-state index is 12.7. The zero-order valence-electron chi connectivity index (χ0n) is 15.3. The summed E-state index contributed by atoms with van der Waals surface area (Å²) < 4.78 is 43.7. The number of carbonyl (C=O) groups is 1. The van der Waals surface area contributed by atoms with E-state index in [1.165, 1.54) is 12.1 Å². The quantitative estimate of drug-likeness (QED) is 0.550. The minimum atomic E-state index is -4.47. The molecule has 0 aliphatic carbocycles. The summed E-state index contributed by atoms with van der Waals surface area (Å²) in [4.78, 5) is 16.2. The molecule has 0 unspecified atom stereocenters. The van der Waals surface area contributed by atoms with Crippen LogP contribution in [-0.4, -0.2) is 26.8 Å². The van der Waals surface area contributed by atoms with Crippen LogP contribution < -0.4 is 10.1 Å². The molecule has 0 saturated heterocycles. The minimum Gasteiger partial charge on any atom is -0.486 e. The van der Waals surface area contributed by atoms with Gasteiger partial charge in [-0.05, 0) is 37.3 Å². The van der Waals surface area contributed by atoms with Gasteiger partial charge in [-0.15, -0.1) is 5.10 Å². The molecule has 1 heterocycles. The Balaban J connectivity index is 1.48. The first kappa shape index (κ1) is 20.7. The number of hydrogen-bond acceptors (Lipinski definition) is 5. The standard InChI is InChI=1S/C19H17F3N4O2S/c1-12-5-7-15(8-6-12)28-10-16-24-18(26-25-16)29-11-17(27)23-14-4-2-3-13(9-14)19(20,21)22/h2-9H,10-11H2,1H3,(H,23,27)(H,24,25,26). The van der Waals surface area contributed by atoms with Crippen LogP contribution in [0.5, 0.6) is 5.75 Å². The van der Waals surface area contributed by atoms with E-state index in [2.05, 4.69) is 20.5 Å². The van der Waals surface area contributed by atoms with E-state index in [0.717, 1.165) is 29.5 Å². The number of aryl methyl sites for hydroxylation is 1. The Bertz CT molecular complexity index is 974. The molecule has 3 aromatic rings. The summed E-state index contributed by atoms with van der Waals surface area (Å²) in [5.74, 6) is 0.677. The summed E-state index contributed by atoms with van der Waals surface area (Å²) in [5, 5.41) is 9.48. The average Bonchev–Trinajstić information content (AvgIpc) is 3.13. The number of nitrogens with one attached hydrogen (secondary N) is 2. The van der Waals surface area contributed by atoms with Crippen LogP contribution in [0.3, 0.4) is 0 Å². The normalized spacial score (nSPS) is 11.3. The van der Waals surface area contributed by atoms with Crippen molar-refractivity contribution in [2.24, 2.45) is 0 Å². The van der Waals surface area contributed by atoms with E-state index < -0.39 is 17.6 Å². The number of carbonyl (C=O) groups excluding carboxylic acids is 1. The summed E-state index contributed by atoms with van der Waals surface area (Å²) >= 11 is 1.06. The van der Waals surface area contributed by atoms with E-state index in [9.17, 15) is 18.0 Å². The highest BCUT2D eigenvalue weighted by molar-refractivity contribution is 7.99. The number of amides is 1. The van der Waals surface area contributed by atoms with Crippen LogP contribution in [0.15, 0.2) is 53.7 Å². The molecule has 0 aliphatic rings. The Kier molecular flexibility index (Phi) is 6.42. The lowest BCUT2D eigenvalue weighted by Crippen LogP contribution is -2.15. The number of benzene rings is 2. The van der Waals surface area contributed by atoms with E-state index in [1.54, 1.807) is 0 Å². The Labute approximate surface area is 168 Å². The monoisotopic (exact) mass is 422 g/mol. The molecular formula is C19H17F3N4O2S. The molecule has 0 saturated carbocycles. The molecule has 1 aromatic heterocycles. The van der Waals surface area contributed by atoms with Crippen LogP contribution in [0, 0.1) is 6.92 Å². The fraction of sp³-hybridized carbons (Fsp3) is 0.211. The van der Waals surface area contributed by atoms with Gasteiger partial charge in [-0.25, -0.2) is 4.98 Å². The maximum Gasteiger partial charge on any atom is 0.416 e. The largest absolute Gasteiger partial charge is 0.486 e. The summed E-state index contributed by atoms with van der Waals surface area (Å²) in [6.45, 7) is 2.17. The molecule has 152 valence electrons. The van der Waals surface area contributed by atoms with Crippen molar-refractivity contribution in [1.82, 2.24) is 15.2 Å². The number of aromatic amines is 1. The van der Waals surface area contributed by atoms with Crippen LogP contribution in [0.2, 0.25) is 0 Å². The number of hydrogen-bond donors (Lipinski definition) is 2. The third kappa shape index (κ3) is 6.24. The van der Waals surface area contributed by atoms with Crippen LogP contribution in [0.25, 0.3) is 0 Å². The van der Waals surface area contributed by atoms with Gasteiger partial charge in [0.25, 0.3) is 0 Å². The molecule has 6 nitrogen and oxygen atoms in total. The van der Waals surface area contributed by atoms with Gasteiger partial charge in [0, 0.05) is 5.69 Å². The molecule has 1 amide bonds. The van der Waals surface area contributed by atoms with Gasteiger partial charge >= 0.3 is 6.18 Å². The highest BCUT2D eigenvalue weighted by atomic mass is 32.2. The smallest absolute Gasteiger partial charge is 0.416 e. The molecule has 0 fully saturated rings. The first-order chi connectivity index (χ1) is 13.8. The van der Waals surface area contributed by atoms with Crippen molar-refractivity contribution in [3.8, 4) is 5.75 Å². The van der Waals surface area contributed by atoms with Crippen molar-refractivity contribution in [1.29, 1.82) is 0 Å². The Morgan fingerprint density at radius 1 is 1.21 bits per heavy atom. The van der Waals surface area contributed by atoms with Gasteiger partial charge in [-0.2, -0.15) is 13.2 Å². The van der Waals surface area contributed by atoms with Crippen molar-refractivity contribution in [3.63, 3.8) is 0 Å². The third-order valence-corrected chi connectivity index (χ3v) is 4.56. The second-order valence-corrected chi connectivity index (χ2v) is 7.02. The molecule has 29 heavy (non-hydrogen) atoms. The number of thioether (sulfide) groups is 1. The van der Waals surface area contributed by atoms with Gasteiger partial charge in [0.1, 0.15) is 12.4 Å². The van der Waals surface area contributed by atoms with Gasteiger partial charge in [-0.3, -0.25) is 9.89 Å². The second-order valence-electron chi connectivity index (χ2n) is 6.08. The summed E-state index contributed by atoms with van der Waals surface area (Å²) in [6, 6.07) is 12.0. The molecule has 0 radical (unpaired) electrons. The number of anilines is 1. The van der Waals surface area contributed by atoms with Crippen molar-refractivity contribution in [3.05, 3.63) is 65.5 Å². The first-order valence-corrected chi connectivity index (χ1v) is 9.49. The van der Waals surface area contributed by atoms with Crippen molar-refractivity contribution in [2.45, 2.75) is 24.9 Å². The van der Waals surface area contributed by atoms with Gasteiger partial charge in [0.05, 0.1) is 11.3 Å². The Morgan fingerprint density at radius 2 is 1.97 bits per heavy atom. The number of halogens is 3. The lowest BCUT2D eigenvalue weighted by molar-refractivity contribution is -0.137. The highest BCUT2D eigenvalue weighted by Crippen LogP contribution is 2.30. The fourth-order valence-electron chi connectivity index (χ4n) is 2.29. The fourth-order valence-corrected chi connectivity index (χ4v) is 2.91. The summed E-state index contributed by atoms with van der Waals surface area (Å²) in [7, 11) is 0. The Hall–Kier alpha value is -3.01. The maximum atomic E-state index is 12.7. The molecule has 2 aromatic carbocycles. The van der Waals surface area contributed by atoms with Gasteiger partial charge in [0.2, 0.25) is 11.1 Å². The SMILES string of the molecule is Cc1ccc(OCc2nc(SCC(=O)Nc3cccc(C(F)(F)F)c3)n[nH]2)cc1. The highest BCUT2D eigenvalue weighted by Gasteiger charge is 2.30. The molecule has 10 heteroatoms. The number of nitrogens with zero attached hydrogens (tertiary/aromatic N) is 2. The molecule has 3 rings (SSSR count). The van der Waals surface area contributed by atoms with Crippen molar-refractivity contribution in [2.75, 3.05) is 11.1 Å². The van der Waals surface area contributed by atoms with Crippen molar-refractivity contribution >= 4 is 23.4 Å². The average molecular weight is 422 g/mol. The molecule has 0 atom stereocenters. The molecule has 0 spiro atoms. The number of alkyl halides is 3. The Morgan fingerprint density at radius 3 is 2.69 bits per heavy atom. The van der Waals surface area contributed by atoms with E-state index in [0.29, 0.717) is 16.7 Å². The molecular weight excluding hydrogens is 405 g/mol. The van der Waals surface area contributed by atoms with Crippen molar-refractivity contribution < 1.29 is 22.7 Å². The zero-order chi connectivity index (χ0) is 20.9. The second kappa shape index (κ2) is 8.99. The van der Waals surface area contributed by atoms with Crippen LogP contribution >= 0.6 is 11.8 Å². The van der Waals surface area contributed by atoms with E-state index in [4.69, 9.17) is 4.74 Å². The third-order valence-electron chi connectivity index (χ3n) is 3.71. The van der Waals surface area contributed by atoms with E-state index >= 15 is 0 Å². The zero-order valence-corrected chi connectivity index (χ0v) is 16.1. The lowest BCUT2D eigenvalue weighted by Gasteiger charge is -2.09.